The van der Waals surface area contributed by atoms with Crippen molar-refractivity contribution in [2.45, 2.75) is 51.4 Å². The van der Waals surface area contributed by atoms with Gasteiger partial charge in [-0.15, -0.1) is 0 Å². The molecule has 4 nitrogen and oxygen atoms in total. The van der Waals surface area contributed by atoms with Crippen LogP contribution in [0.3, 0.4) is 0 Å². The van der Waals surface area contributed by atoms with Crippen molar-refractivity contribution in [3.63, 3.8) is 0 Å². The summed E-state index contributed by atoms with van der Waals surface area (Å²) in [7, 11) is 0. The largest absolute Gasteiger partial charge is 0.488 e. The number of esters is 1. The van der Waals surface area contributed by atoms with E-state index in [2.05, 4.69) is 6.58 Å². The van der Waals surface area contributed by atoms with Gasteiger partial charge in [0.1, 0.15) is 18.5 Å². The molecule has 0 amide bonds. The highest BCUT2D eigenvalue weighted by Gasteiger charge is 2.46. The Morgan fingerprint density at radius 2 is 1.96 bits per heavy atom. The second-order valence-corrected chi connectivity index (χ2v) is 7.40. The Bertz CT molecular complexity index is 839. The lowest BCUT2D eigenvalue weighted by atomic mass is 9.74. The number of carbonyl (C=O) groups is 1. The molecule has 1 aliphatic heterocycles. The van der Waals surface area contributed by atoms with Crippen molar-refractivity contribution in [3.05, 3.63) is 77.4 Å². The summed E-state index contributed by atoms with van der Waals surface area (Å²) in [6, 6.07) is 13.9. The third kappa shape index (κ3) is 3.91. The van der Waals surface area contributed by atoms with Crippen LogP contribution in [0.2, 0.25) is 0 Å². The molecule has 2 aromatic carbocycles. The molecule has 27 heavy (non-hydrogen) atoms. The zero-order valence-electron chi connectivity index (χ0n) is 16.1. The molecule has 4 heteroatoms. The maximum Gasteiger partial charge on any atom is 0.309 e. The Kier molecular flexibility index (Phi) is 5.38. The molecule has 1 heterocycles. The number of ether oxygens (including phenoxy) is 2. The molecule has 0 bridgehead atoms. The Morgan fingerprint density at radius 3 is 2.63 bits per heavy atom. The molecular formula is C23H26O4. The lowest BCUT2D eigenvalue weighted by Crippen LogP contribution is -2.48. The third-order valence-electron chi connectivity index (χ3n) is 5.21. The van der Waals surface area contributed by atoms with Crippen LogP contribution in [0, 0.1) is 13.8 Å². The summed E-state index contributed by atoms with van der Waals surface area (Å²) in [5.41, 5.74) is 2.75. The molecule has 1 aliphatic rings. The molecule has 1 N–H and O–H groups in total. The van der Waals surface area contributed by atoms with E-state index in [0.717, 1.165) is 28.0 Å². The quantitative estimate of drug-likeness (QED) is 0.636. The Labute approximate surface area is 160 Å². The Hall–Kier alpha value is -2.59. The standard InChI is InChI=1S/C23H26O4/c1-5-19-21(23(4,25)13-20(24)27-19)18-12-11-15(2)22(16(18)3)26-14-17-9-7-6-8-10-17/h5-12,19,21,25H,1,13-14H2,2-4H3. The average Bonchev–Trinajstić information content (AvgIpc) is 2.62. The molecule has 3 atom stereocenters. The average molecular weight is 366 g/mol. The predicted molar refractivity (Wildman–Crippen MR) is 105 cm³/mol. The van der Waals surface area contributed by atoms with Gasteiger partial charge in [-0.25, -0.2) is 0 Å². The van der Waals surface area contributed by atoms with Crippen LogP contribution in [0.15, 0.2) is 55.1 Å². The minimum atomic E-state index is -1.22. The van der Waals surface area contributed by atoms with Crippen molar-refractivity contribution >= 4 is 5.97 Å². The zero-order chi connectivity index (χ0) is 19.6. The minimum Gasteiger partial charge on any atom is -0.488 e. The minimum absolute atomic E-state index is 0.0461. The first-order valence-electron chi connectivity index (χ1n) is 9.14. The molecule has 1 saturated heterocycles. The first kappa shape index (κ1) is 19.2. The molecule has 3 rings (SSSR count). The monoisotopic (exact) mass is 366 g/mol. The zero-order valence-corrected chi connectivity index (χ0v) is 16.1. The van der Waals surface area contributed by atoms with Crippen LogP contribution in [-0.2, 0) is 16.1 Å². The summed E-state index contributed by atoms with van der Waals surface area (Å²) >= 11 is 0. The van der Waals surface area contributed by atoms with Crippen LogP contribution in [-0.4, -0.2) is 22.8 Å². The van der Waals surface area contributed by atoms with E-state index in [1.165, 1.54) is 0 Å². The molecule has 0 aromatic heterocycles. The Morgan fingerprint density at radius 1 is 1.26 bits per heavy atom. The molecule has 0 aliphatic carbocycles. The highest BCUT2D eigenvalue weighted by molar-refractivity contribution is 5.73. The van der Waals surface area contributed by atoms with E-state index in [1.54, 1.807) is 13.0 Å². The maximum atomic E-state index is 11.8. The topological polar surface area (TPSA) is 55.8 Å². The molecule has 3 unspecified atom stereocenters. The van der Waals surface area contributed by atoms with Crippen molar-refractivity contribution in [2.24, 2.45) is 0 Å². The highest BCUT2D eigenvalue weighted by Crippen LogP contribution is 2.43. The first-order chi connectivity index (χ1) is 12.8. The summed E-state index contributed by atoms with van der Waals surface area (Å²) < 4.78 is 11.6. The molecule has 0 spiro atoms. The van der Waals surface area contributed by atoms with Crippen molar-refractivity contribution in [1.29, 1.82) is 0 Å². The van der Waals surface area contributed by atoms with Crippen LogP contribution in [0.1, 0.15) is 41.5 Å². The molecule has 142 valence electrons. The van der Waals surface area contributed by atoms with Crippen LogP contribution < -0.4 is 4.74 Å². The molecule has 0 saturated carbocycles. The van der Waals surface area contributed by atoms with Gasteiger partial charge < -0.3 is 14.6 Å². The number of rotatable bonds is 5. The lowest BCUT2D eigenvalue weighted by molar-refractivity contribution is -0.168. The molecular weight excluding hydrogens is 340 g/mol. The van der Waals surface area contributed by atoms with Gasteiger partial charge in [0.05, 0.1) is 17.9 Å². The summed E-state index contributed by atoms with van der Waals surface area (Å²) in [6.07, 6.45) is 0.958. The fourth-order valence-corrected chi connectivity index (χ4v) is 3.84. The van der Waals surface area contributed by atoms with Gasteiger partial charge in [0.2, 0.25) is 0 Å². The predicted octanol–water partition coefficient (Wildman–Crippen LogP) is 4.22. The van der Waals surface area contributed by atoms with Gasteiger partial charge in [0, 0.05) is 0 Å². The van der Waals surface area contributed by atoms with Crippen LogP contribution in [0.5, 0.6) is 5.75 Å². The van der Waals surface area contributed by atoms with E-state index in [1.807, 2.05) is 56.3 Å². The summed E-state index contributed by atoms with van der Waals surface area (Å²) in [4.78, 5) is 11.8. The van der Waals surface area contributed by atoms with E-state index >= 15 is 0 Å². The second kappa shape index (κ2) is 7.57. The number of aliphatic hydroxyl groups is 1. The van der Waals surface area contributed by atoms with Crippen LogP contribution >= 0.6 is 0 Å². The summed E-state index contributed by atoms with van der Waals surface area (Å²) in [5.74, 6) is -0.00861. The van der Waals surface area contributed by atoms with Gasteiger partial charge in [-0.2, -0.15) is 0 Å². The van der Waals surface area contributed by atoms with Crippen molar-refractivity contribution < 1.29 is 19.4 Å². The van der Waals surface area contributed by atoms with Crippen molar-refractivity contribution in [2.75, 3.05) is 0 Å². The van der Waals surface area contributed by atoms with E-state index in [9.17, 15) is 9.90 Å². The fraction of sp³-hybridized carbons (Fsp3) is 0.348. The van der Waals surface area contributed by atoms with Gasteiger partial charge in [-0.3, -0.25) is 4.79 Å². The molecule has 1 fully saturated rings. The van der Waals surface area contributed by atoms with Crippen molar-refractivity contribution in [3.8, 4) is 5.75 Å². The maximum absolute atomic E-state index is 11.8. The number of hydrogen-bond acceptors (Lipinski definition) is 4. The van der Waals surface area contributed by atoms with Gasteiger partial charge in [-0.1, -0.05) is 55.1 Å². The van der Waals surface area contributed by atoms with Crippen molar-refractivity contribution in [1.82, 2.24) is 0 Å². The third-order valence-corrected chi connectivity index (χ3v) is 5.21. The second-order valence-electron chi connectivity index (χ2n) is 7.40. The lowest BCUT2D eigenvalue weighted by Gasteiger charge is -2.41. The Balaban J connectivity index is 1.96. The molecule has 2 aromatic rings. The number of aryl methyl sites for hydroxylation is 1. The van der Waals surface area contributed by atoms with E-state index in [-0.39, 0.29) is 6.42 Å². The highest BCUT2D eigenvalue weighted by atomic mass is 16.5. The van der Waals surface area contributed by atoms with E-state index < -0.39 is 23.6 Å². The van der Waals surface area contributed by atoms with Gasteiger partial charge in [-0.05, 0) is 43.0 Å². The van der Waals surface area contributed by atoms with Gasteiger partial charge >= 0.3 is 5.97 Å². The first-order valence-corrected chi connectivity index (χ1v) is 9.14. The van der Waals surface area contributed by atoms with Gasteiger partial charge in [0.15, 0.2) is 0 Å². The number of benzene rings is 2. The summed E-state index contributed by atoms with van der Waals surface area (Å²) in [6.45, 7) is 9.91. The smallest absolute Gasteiger partial charge is 0.309 e. The number of carbonyl (C=O) groups excluding carboxylic acids is 1. The fourth-order valence-electron chi connectivity index (χ4n) is 3.84. The molecule has 0 radical (unpaired) electrons. The van der Waals surface area contributed by atoms with E-state index in [4.69, 9.17) is 9.47 Å². The SMILES string of the molecule is C=CC1OC(=O)CC(C)(O)C1c1ccc(C)c(OCc2ccccc2)c1C. The number of cyclic esters (lactones) is 1. The van der Waals surface area contributed by atoms with Crippen LogP contribution in [0.4, 0.5) is 0 Å². The van der Waals surface area contributed by atoms with E-state index in [0.29, 0.717) is 6.61 Å². The van der Waals surface area contributed by atoms with Crippen LogP contribution in [0.25, 0.3) is 0 Å². The summed E-state index contributed by atoms with van der Waals surface area (Å²) in [5, 5.41) is 11.0. The number of hydrogen-bond donors (Lipinski definition) is 1. The normalized spacial score (nSPS) is 25.0. The van der Waals surface area contributed by atoms with Gasteiger partial charge in [0.25, 0.3) is 0 Å².